The molecule has 7 heteroatoms. The number of benzene rings is 2. The molecule has 5 nitrogen and oxygen atoms in total. The highest BCUT2D eigenvalue weighted by Gasteiger charge is 2.14. The van der Waals surface area contributed by atoms with Crippen LogP contribution < -0.4 is 10.6 Å². The Labute approximate surface area is 163 Å². The Morgan fingerprint density at radius 3 is 2.37 bits per heavy atom. The zero-order valence-electron chi connectivity index (χ0n) is 15.7. The molecule has 1 unspecified atom stereocenters. The topological polar surface area (TPSA) is 61.4 Å². The quantitative estimate of drug-likeness (QED) is 0.680. The van der Waals surface area contributed by atoms with Crippen LogP contribution >= 0.6 is 11.8 Å². The maximum absolute atomic E-state index is 13.0. The van der Waals surface area contributed by atoms with E-state index in [4.69, 9.17) is 0 Å². The van der Waals surface area contributed by atoms with Gasteiger partial charge in [0.15, 0.2) is 0 Å². The Hall–Kier alpha value is -2.38. The van der Waals surface area contributed by atoms with E-state index in [2.05, 4.69) is 10.6 Å². The second-order valence-electron chi connectivity index (χ2n) is 6.26. The third kappa shape index (κ3) is 6.69. The first-order valence-corrected chi connectivity index (χ1v) is 9.77. The number of hydrogen-bond donors (Lipinski definition) is 2. The fourth-order valence-electron chi connectivity index (χ4n) is 2.61. The van der Waals surface area contributed by atoms with E-state index in [1.54, 1.807) is 35.8 Å². The number of nitrogens with zero attached hydrogens (tertiary/aromatic N) is 1. The van der Waals surface area contributed by atoms with Crippen LogP contribution in [0.1, 0.15) is 18.5 Å². The van der Waals surface area contributed by atoms with E-state index in [1.807, 2.05) is 37.4 Å². The Kier molecular flexibility index (Phi) is 7.82. The summed E-state index contributed by atoms with van der Waals surface area (Å²) in [5.41, 5.74) is 1.58. The summed E-state index contributed by atoms with van der Waals surface area (Å²) in [6.45, 7) is 2.02. The molecular weight excluding hydrogens is 365 g/mol. The second-order valence-corrected chi connectivity index (χ2v) is 7.11. The van der Waals surface area contributed by atoms with Crippen LogP contribution in [0.4, 0.5) is 10.1 Å². The Morgan fingerprint density at radius 2 is 1.70 bits per heavy atom. The number of anilines is 1. The van der Waals surface area contributed by atoms with E-state index in [0.29, 0.717) is 0 Å². The Morgan fingerprint density at radius 1 is 1.07 bits per heavy atom. The van der Waals surface area contributed by atoms with Crippen molar-refractivity contribution in [2.45, 2.75) is 17.9 Å². The zero-order chi connectivity index (χ0) is 19.8. The molecular formula is C20H24FN3O2S. The standard InChI is InChI=1S/C20H24FN3O2S/c1-14(15-8-10-16(21)11-9-15)22-19(25)12-24(2)13-20(26)23-17-6-4-5-7-18(17)27-3/h4-11,14H,12-13H2,1-3H3,(H,22,25)(H,23,26). The number of amides is 2. The van der Waals surface area contributed by atoms with Gasteiger partial charge in [-0.1, -0.05) is 24.3 Å². The molecule has 0 saturated heterocycles. The lowest BCUT2D eigenvalue weighted by atomic mass is 10.1. The minimum Gasteiger partial charge on any atom is -0.348 e. The van der Waals surface area contributed by atoms with Crippen molar-refractivity contribution in [3.8, 4) is 0 Å². The molecule has 0 spiro atoms. The van der Waals surface area contributed by atoms with Crippen molar-refractivity contribution in [3.05, 3.63) is 59.9 Å². The summed E-state index contributed by atoms with van der Waals surface area (Å²) >= 11 is 1.56. The van der Waals surface area contributed by atoms with Crippen LogP contribution in [-0.4, -0.2) is 43.1 Å². The number of thioether (sulfide) groups is 1. The van der Waals surface area contributed by atoms with Crippen LogP contribution in [0, 0.1) is 5.82 Å². The molecule has 0 fully saturated rings. The maximum Gasteiger partial charge on any atom is 0.238 e. The molecule has 0 aliphatic carbocycles. The van der Waals surface area contributed by atoms with Crippen molar-refractivity contribution in [2.75, 3.05) is 31.7 Å². The molecule has 0 bridgehead atoms. The molecule has 2 amide bonds. The fraction of sp³-hybridized carbons (Fsp3) is 0.300. The van der Waals surface area contributed by atoms with Gasteiger partial charge >= 0.3 is 0 Å². The fourth-order valence-corrected chi connectivity index (χ4v) is 3.16. The highest BCUT2D eigenvalue weighted by atomic mass is 32.2. The Balaban J connectivity index is 1.81. The number of nitrogens with one attached hydrogen (secondary N) is 2. The van der Waals surface area contributed by atoms with Gasteiger partial charge < -0.3 is 10.6 Å². The minimum absolute atomic E-state index is 0.0864. The van der Waals surface area contributed by atoms with Gasteiger partial charge in [0.1, 0.15) is 5.82 Å². The summed E-state index contributed by atoms with van der Waals surface area (Å²) in [6, 6.07) is 13.3. The van der Waals surface area contributed by atoms with Gasteiger partial charge in [-0.25, -0.2) is 4.39 Å². The molecule has 0 radical (unpaired) electrons. The van der Waals surface area contributed by atoms with Crippen molar-refractivity contribution < 1.29 is 14.0 Å². The SMILES string of the molecule is CSc1ccccc1NC(=O)CN(C)CC(=O)NC(C)c1ccc(F)cc1. The predicted octanol–water partition coefficient (Wildman–Crippen LogP) is 3.30. The lowest BCUT2D eigenvalue weighted by molar-refractivity contribution is -0.123. The molecule has 2 N–H and O–H groups in total. The number of rotatable bonds is 8. The number of likely N-dealkylation sites (N-methyl/N-ethyl adjacent to an activating group) is 1. The van der Waals surface area contributed by atoms with Crippen LogP contribution in [0.25, 0.3) is 0 Å². The summed E-state index contributed by atoms with van der Waals surface area (Å²) in [5.74, 6) is -0.698. The van der Waals surface area contributed by atoms with E-state index >= 15 is 0 Å². The van der Waals surface area contributed by atoms with Crippen molar-refractivity contribution in [1.29, 1.82) is 0 Å². The highest BCUT2D eigenvalue weighted by molar-refractivity contribution is 7.98. The van der Waals surface area contributed by atoms with Crippen LogP contribution in [-0.2, 0) is 9.59 Å². The summed E-state index contributed by atoms with van der Waals surface area (Å²) in [4.78, 5) is 27.0. The summed E-state index contributed by atoms with van der Waals surface area (Å²) in [5, 5.41) is 5.72. The summed E-state index contributed by atoms with van der Waals surface area (Å²) in [7, 11) is 1.71. The monoisotopic (exact) mass is 389 g/mol. The average molecular weight is 389 g/mol. The smallest absolute Gasteiger partial charge is 0.238 e. The molecule has 144 valence electrons. The van der Waals surface area contributed by atoms with Gasteiger partial charge in [0.25, 0.3) is 0 Å². The predicted molar refractivity (Wildman–Crippen MR) is 107 cm³/mol. The van der Waals surface area contributed by atoms with E-state index in [-0.39, 0.29) is 36.8 Å². The molecule has 27 heavy (non-hydrogen) atoms. The Bertz CT molecular complexity index is 783. The van der Waals surface area contributed by atoms with Crippen LogP contribution in [0.3, 0.4) is 0 Å². The van der Waals surface area contributed by atoms with Gasteiger partial charge in [-0.3, -0.25) is 14.5 Å². The van der Waals surface area contributed by atoms with Crippen LogP contribution in [0.5, 0.6) is 0 Å². The van der Waals surface area contributed by atoms with Crippen molar-refractivity contribution >= 4 is 29.3 Å². The van der Waals surface area contributed by atoms with E-state index in [9.17, 15) is 14.0 Å². The largest absolute Gasteiger partial charge is 0.348 e. The highest BCUT2D eigenvalue weighted by Crippen LogP contribution is 2.24. The van der Waals surface area contributed by atoms with Crippen LogP contribution in [0.15, 0.2) is 53.4 Å². The summed E-state index contributed by atoms with van der Waals surface area (Å²) in [6.07, 6.45) is 1.95. The van der Waals surface area contributed by atoms with E-state index in [1.165, 1.54) is 12.1 Å². The molecule has 2 aromatic rings. The van der Waals surface area contributed by atoms with Crippen LogP contribution in [0.2, 0.25) is 0 Å². The first-order valence-electron chi connectivity index (χ1n) is 8.55. The molecule has 2 aromatic carbocycles. The molecule has 0 aliphatic heterocycles. The third-order valence-electron chi connectivity index (χ3n) is 3.96. The molecule has 2 rings (SSSR count). The van der Waals surface area contributed by atoms with Gasteiger partial charge in [-0.2, -0.15) is 0 Å². The molecule has 0 heterocycles. The van der Waals surface area contributed by atoms with Gasteiger partial charge in [-0.15, -0.1) is 11.8 Å². The van der Waals surface area contributed by atoms with Gasteiger partial charge in [0, 0.05) is 4.90 Å². The number of carbonyl (C=O) groups is 2. The van der Waals surface area contributed by atoms with Crippen molar-refractivity contribution in [2.24, 2.45) is 0 Å². The first-order chi connectivity index (χ1) is 12.9. The number of hydrogen-bond acceptors (Lipinski definition) is 4. The van der Waals surface area contributed by atoms with E-state index < -0.39 is 0 Å². The lowest BCUT2D eigenvalue weighted by Gasteiger charge is -2.19. The molecule has 0 aromatic heterocycles. The zero-order valence-corrected chi connectivity index (χ0v) is 16.5. The third-order valence-corrected chi connectivity index (χ3v) is 4.75. The van der Waals surface area contributed by atoms with E-state index in [0.717, 1.165) is 16.1 Å². The van der Waals surface area contributed by atoms with Gasteiger partial charge in [0.05, 0.1) is 24.8 Å². The van der Waals surface area contributed by atoms with Crippen molar-refractivity contribution in [3.63, 3.8) is 0 Å². The summed E-state index contributed by atoms with van der Waals surface area (Å²) < 4.78 is 13.0. The molecule has 0 saturated carbocycles. The number of halogens is 1. The molecule has 1 atom stereocenters. The lowest BCUT2D eigenvalue weighted by Crippen LogP contribution is -2.39. The number of carbonyl (C=O) groups excluding carboxylic acids is 2. The van der Waals surface area contributed by atoms with Gasteiger partial charge in [-0.05, 0) is 50.1 Å². The second kappa shape index (κ2) is 10.1. The maximum atomic E-state index is 13.0. The van der Waals surface area contributed by atoms with Crippen molar-refractivity contribution in [1.82, 2.24) is 10.2 Å². The average Bonchev–Trinajstić information content (AvgIpc) is 2.62. The molecule has 0 aliphatic rings. The van der Waals surface area contributed by atoms with Gasteiger partial charge in [0.2, 0.25) is 11.8 Å². The first kappa shape index (κ1) is 20.9. The minimum atomic E-state index is -0.314. The normalized spacial score (nSPS) is 11.9. The number of para-hydroxylation sites is 1.